The van der Waals surface area contributed by atoms with Crippen molar-refractivity contribution in [2.45, 2.75) is 64.7 Å². The highest BCUT2D eigenvalue weighted by Crippen LogP contribution is 2.08. The first kappa shape index (κ1) is 24.9. The van der Waals surface area contributed by atoms with Gasteiger partial charge < -0.3 is 5.73 Å². The molecule has 0 rings (SSSR count). The molecule has 0 aliphatic heterocycles. The molecule has 26 heavy (non-hydrogen) atoms. The highest BCUT2D eigenvalue weighted by Gasteiger charge is 2.09. The number of nitrogens with zero attached hydrogens (tertiary/aromatic N) is 2. The van der Waals surface area contributed by atoms with Gasteiger partial charge in [-0.05, 0) is 70.3 Å². The monoisotopic (exact) mass is 362 g/mol. The molecule has 0 spiro atoms. The fourth-order valence-corrected chi connectivity index (χ4v) is 2.92. The summed E-state index contributed by atoms with van der Waals surface area (Å²) in [7, 11) is 0. The van der Waals surface area contributed by atoms with E-state index >= 15 is 0 Å². The van der Waals surface area contributed by atoms with E-state index in [0.29, 0.717) is 6.67 Å². The maximum absolute atomic E-state index is 5.57. The van der Waals surface area contributed by atoms with Crippen LogP contribution in [-0.2, 0) is 0 Å². The van der Waals surface area contributed by atoms with E-state index in [1.54, 1.807) is 0 Å². The average Bonchev–Trinajstić information content (AvgIpc) is 2.66. The summed E-state index contributed by atoms with van der Waals surface area (Å²) in [5.41, 5.74) is 11.3. The molecule has 0 bridgehead atoms. The number of rotatable bonds is 19. The van der Waals surface area contributed by atoms with Crippen molar-refractivity contribution in [2.24, 2.45) is 5.73 Å². The topological polar surface area (TPSA) is 44.5 Å². The van der Waals surface area contributed by atoms with Crippen LogP contribution in [0.25, 0.3) is 0 Å². The van der Waals surface area contributed by atoms with Gasteiger partial charge in [0, 0.05) is 6.67 Å². The number of nitrogens with one attached hydrogen (secondary N) is 1. The number of allylic oxidation sites excluding steroid dienone is 2. The summed E-state index contributed by atoms with van der Waals surface area (Å²) in [6.07, 6.45) is 15.2. The zero-order valence-corrected chi connectivity index (χ0v) is 17.1. The molecule has 0 saturated heterocycles. The average molecular weight is 363 g/mol. The maximum atomic E-state index is 5.57. The Morgan fingerprint density at radius 2 is 1.38 bits per heavy atom. The van der Waals surface area contributed by atoms with Gasteiger partial charge in [-0.25, -0.2) is 0 Å². The van der Waals surface area contributed by atoms with Crippen LogP contribution in [-0.4, -0.2) is 49.4 Å². The molecule has 0 aromatic carbocycles. The Morgan fingerprint density at radius 1 is 0.846 bits per heavy atom. The van der Waals surface area contributed by atoms with Gasteiger partial charge >= 0.3 is 0 Å². The van der Waals surface area contributed by atoms with E-state index in [1.165, 1.54) is 51.5 Å². The molecule has 0 aliphatic rings. The number of hydrogen-bond donors (Lipinski definition) is 2. The standard InChI is InChI=1S/C22H42N4/c1-4-7-9-11-12-13-15-17-19-26(18-16-14-10-8-5-2)22-25(6-3)21-24-20-23/h7-8,24H,1-2,6,9-23H2,3H3. The van der Waals surface area contributed by atoms with Crippen molar-refractivity contribution in [2.75, 3.05) is 39.6 Å². The number of unbranched alkanes of at least 4 members (excludes halogenated alkanes) is 7. The lowest BCUT2D eigenvalue weighted by Gasteiger charge is -2.30. The SMILES string of the molecule is C=C=CCCCCCCCN(CCCCC=C=C)CN(CC)CNCN. The van der Waals surface area contributed by atoms with Gasteiger partial charge in [0.25, 0.3) is 0 Å². The van der Waals surface area contributed by atoms with Gasteiger partial charge in [0.1, 0.15) is 0 Å². The third kappa shape index (κ3) is 16.4. The summed E-state index contributed by atoms with van der Waals surface area (Å²) < 4.78 is 0. The summed E-state index contributed by atoms with van der Waals surface area (Å²) in [6, 6.07) is 0. The molecule has 0 aromatic heterocycles. The smallest absolute Gasteiger partial charge is 0.0517 e. The Bertz CT molecular complexity index is 395. The first-order valence-corrected chi connectivity index (χ1v) is 10.3. The molecule has 4 nitrogen and oxygen atoms in total. The third-order valence-corrected chi connectivity index (χ3v) is 4.51. The minimum atomic E-state index is 0.533. The van der Waals surface area contributed by atoms with Gasteiger partial charge in [0.15, 0.2) is 0 Å². The molecule has 0 amide bonds. The van der Waals surface area contributed by atoms with Crippen LogP contribution in [0.1, 0.15) is 64.7 Å². The molecular formula is C22H42N4. The summed E-state index contributed by atoms with van der Waals surface area (Å²) in [5, 5.41) is 3.23. The molecular weight excluding hydrogens is 320 g/mol. The predicted octanol–water partition coefficient (Wildman–Crippen LogP) is 4.22. The lowest BCUT2D eigenvalue weighted by Crippen LogP contribution is -2.44. The van der Waals surface area contributed by atoms with Crippen LogP contribution < -0.4 is 11.1 Å². The normalized spacial score (nSPS) is 10.8. The second-order valence-electron chi connectivity index (χ2n) is 6.73. The summed E-state index contributed by atoms with van der Waals surface area (Å²) in [4.78, 5) is 5.01. The largest absolute Gasteiger partial charge is 0.318 e. The van der Waals surface area contributed by atoms with Crippen molar-refractivity contribution in [3.8, 4) is 0 Å². The van der Waals surface area contributed by atoms with Crippen LogP contribution in [0, 0.1) is 0 Å². The number of nitrogens with two attached hydrogens (primary N) is 1. The molecule has 0 atom stereocenters. The molecule has 0 radical (unpaired) electrons. The first-order valence-electron chi connectivity index (χ1n) is 10.3. The second-order valence-corrected chi connectivity index (χ2v) is 6.73. The van der Waals surface area contributed by atoms with Crippen LogP contribution in [0.4, 0.5) is 0 Å². The first-order chi connectivity index (χ1) is 12.8. The molecule has 0 heterocycles. The van der Waals surface area contributed by atoms with Gasteiger partial charge in [-0.1, -0.05) is 39.3 Å². The van der Waals surface area contributed by atoms with E-state index in [1.807, 2.05) is 12.2 Å². The van der Waals surface area contributed by atoms with Crippen molar-refractivity contribution in [3.63, 3.8) is 0 Å². The van der Waals surface area contributed by atoms with E-state index in [0.717, 1.165) is 39.3 Å². The predicted molar refractivity (Wildman–Crippen MR) is 115 cm³/mol. The zero-order valence-electron chi connectivity index (χ0n) is 17.1. The molecule has 0 aromatic rings. The van der Waals surface area contributed by atoms with Gasteiger partial charge in [-0.15, -0.1) is 11.5 Å². The van der Waals surface area contributed by atoms with Crippen LogP contribution in [0.2, 0.25) is 0 Å². The Morgan fingerprint density at radius 3 is 1.96 bits per heavy atom. The van der Waals surface area contributed by atoms with Crippen LogP contribution >= 0.6 is 0 Å². The quantitative estimate of drug-likeness (QED) is 0.205. The lowest BCUT2D eigenvalue weighted by atomic mass is 10.1. The van der Waals surface area contributed by atoms with E-state index < -0.39 is 0 Å². The third-order valence-electron chi connectivity index (χ3n) is 4.51. The highest BCUT2D eigenvalue weighted by atomic mass is 15.3. The van der Waals surface area contributed by atoms with Crippen molar-refractivity contribution >= 4 is 0 Å². The van der Waals surface area contributed by atoms with Gasteiger partial charge in [-0.2, -0.15) is 0 Å². The summed E-state index contributed by atoms with van der Waals surface area (Å²) >= 11 is 0. The Hall–Kier alpha value is -1.12. The Kier molecular flexibility index (Phi) is 19.3. The molecule has 0 aliphatic carbocycles. The van der Waals surface area contributed by atoms with Crippen molar-refractivity contribution in [3.05, 3.63) is 36.8 Å². The van der Waals surface area contributed by atoms with E-state index in [9.17, 15) is 0 Å². The summed E-state index contributed by atoms with van der Waals surface area (Å²) in [5.74, 6) is 0. The minimum absolute atomic E-state index is 0.533. The molecule has 0 saturated carbocycles. The Balaban J connectivity index is 4.12. The second kappa shape index (κ2) is 20.2. The minimum Gasteiger partial charge on any atom is -0.318 e. The maximum Gasteiger partial charge on any atom is 0.0517 e. The lowest BCUT2D eigenvalue weighted by molar-refractivity contribution is 0.124. The molecule has 3 N–H and O–H groups in total. The van der Waals surface area contributed by atoms with E-state index in [4.69, 9.17) is 5.73 Å². The zero-order chi connectivity index (χ0) is 19.3. The van der Waals surface area contributed by atoms with Gasteiger partial charge in [-0.3, -0.25) is 15.1 Å². The molecule has 150 valence electrons. The van der Waals surface area contributed by atoms with Gasteiger partial charge in [0.2, 0.25) is 0 Å². The van der Waals surface area contributed by atoms with Crippen LogP contribution in [0.15, 0.2) is 36.8 Å². The molecule has 0 unspecified atom stereocenters. The summed E-state index contributed by atoms with van der Waals surface area (Å²) in [6.45, 7) is 15.2. The van der Waals surface area contributed by atoms with E-state index in [-0.39, 0.29) is 0 Å². The number of hydrogen-bond acceptors (Lipinski definition) is 4. The fourth-order valence-electron chi connectivity index (χ4n) is 2.92. The van der Waals surface area contributed by atoms with Crippen molar-refractivity contribution < 1.29 is 0 Å². The van der Waals surface area contributed by atoms with Gasteiger partial charge in [0.05, 0.1) is 13.3 Å². The molecule has 4 heteroatoms. The van der Waals surface area contributed by atoms with Crippen LogP contribution in [0.3, 0.4) is 0 Å². The van der Waals surface area contributed by atoms with Crippen LogP contribution in [0.5, 0.6) is 0 Å². The Labute approximate surface area is 162 Å². The highest BCUT2D eigenvalue weighted by molar-refractivity contribution is 4.76. The van der Waals surface area contributed by atoms with E-state index in [2.05, 4.69) is 46.7 Å². The molecule has 0 fully saturated rings. The van der Waals surface area contributed by atoms with Crippen molar-refractivity contribution in [1.82, 2.24) is 15.1 Å². The van der Waals surface area contributed by atoms with Crippen molar-refractivity contribution in [1.29, 1.82) is 0 Å². The fraction of sp³-hybridized carbons (Fsp3) is 0.727.